The molecule has 0 aliphatic heterocycles. The van der Waals surface area contributed by atoms with E-state index in [0.29, 0.717) is 12.3 Å². The smallest absolute Gasteiger partial charge is 0.270 e. The van der Waals surface area contributed by atoms with E-state index in [2.05, 4.69) is 4.98 Å². The number of nitrogens with zero attached hydrogens (tertiary/aromatic N) is 3. The largest absolute Gasteiger partial charge is 0.497 e. The van der Waals surface area contributed by atoms with E-state index < -0.39 is 0 Å². The first kappa shape index (κ1) is 17.9. The van der Waals surface area contributed by atoms with Crippen LogP contribution in [0.5, 0.6) is 5.75 Å². The van der Waals surface area contributed by atoms with Gasteiger partial charge in [-0.2, -0.15) is 0 Å². The Labute approximate surface area is 153 Å². The molecule has 0 N–H and O–H groups in total. The summed E-state index contributed by atoms with van der Waals surface area (Å²) >= 11 is 0. The van der Waals surface area contributed by atoms with Gasteiger partial charge >= 0.3 is 0 Å². The third-order valence-corrected chi connectivity index (χ3v) is 4.61. The number of methoxy groups -OCH3 is 2. The summed E-state index contributed by atoms with van der Waals surface area (Å²) in [6, 6.07) is 13.1. The zero-order valence-electron chi connectivity index (χ0n) is 15.5. The summed E-state index contributed by atoms with van der Waals surface area (Å²) in [4.78, 5) is 19.2. The van der Waals surface area contributed by atoms with Crippen LogP contribution in [-0.2, 0) is 11.8 Å². The van der Waals surface area contributed by atoms with Crippen LogP contribution in [0.25, 0.3) is 10.9 Å². The van der Waals surface area contributed by atoms with Crippen LogP contribution in [-0.4, -0.2) is 48.2 Å². The molecule has 1 atom stereocenters. The molecular formula is C20H23N3O3. The van der Waals surface area contributed by atoms with Gasteiger partial charge in [0.2, 0.25) is 0 Å². The van der Waals surface area contributed by atoms with Gasteiger partial charge in [-0.25, -0.2) is 0 Å². The molecule has 3 rings (SSSR count). The van der Waals surface area contributed by atoms with Gasteiger partial charge in [-0.05, 0) is 36.4 Å². The van der Waals surface area contributed by atoms with E-state index in [-0.39, 0.29) is 11.9 Å². The quantitative estimate of drug-likeness (QED) is 0.683. The molecule has 0 spiro atoms. The van der Waals surface area contributed by atoms with E-state index in [9.17, 15) is 4.79 Å². The number of benzene rings is 1. The number of rotatable bonds is 6. The lowest BCUT2D eigenvalue weighted by atomic mass is 10.1. The summed E-state index contributed by atoms with van der Waals surface area (Å²) in [5, 5.41) is 0.963. The number of likely N-dealkylation sites (N-methyl/N-ethyl adjacent to an activating group) is 1. The molecule has 26 heavy (non-hydrogen) atoms. The van der Waals surface area contributed by atoms with Crippen LogP contribution in [0.2, 0.25) is 0 Å². The summed E-state index contributed by atoms with van der Waals surface area (Å²) in [5.74, 6) is 0.677. The Kier molecular flexibility index (Phi) is 5.23. The van der Waals surface area contributed by atoms with Crippen molar-refractivity contribution < 1.29 is 14.3 Å². The van der Waals surface area contributed by atoms with Crippen molar-refractivity contribution in [3.63, 3.8) is 0 Å². The molecule has 0 bridgehead atoms. The first-order chi connectivity index (χ1) is 12.6. The van der Waals surface area contributed by atoms with E-state index in [4.69, 9.17) is 9.47 Å². The SMILES string of the molecule is COC[C@H](c1ccccn1)N(C)C(=O)c1cc2cc(OC)ccc2n1C. The van der Waals surface area contributed by atoms with Crippen LogP contribution in [0.3, 0.4) is 0 Å². The number of ether oxygens (including phenoxy) is 2. The fourth-order valence-corrected chi connectivity index (χ4v) is 3.11. The normalized spacial score (nSPS) is 12.2. The Morgan fingerprint density at radius 3 is 2.69 bits per heavy atom. The fourth-order valence-electron chi connectivity index (χ4n) is 3.11. The standard InChI is InChI=1S/C20H23N3O3/c1-22-17-9-8-15(26-4)11-14(17)12-18(22)20(24)23(2)19(13-25-3)16-7-5-6-10-21-16/h5-12,19H,13H2,1-4H3/t19-/m1/s1. The molecule has 0 aliphatic carbocycles. The van der Waals surface area contributed by atoms with Crippen molar-refractivity contribution in [2.45, 2.75) is 6.04 Å². The lowest BCUT2D eigenvalue weighted by Gasteiger charge is -2.27. The highest BCUT2D eigenvalue weighted by atomic mass is 16.5. The lowest BCUT2D eigenvalue weighted by Crippen LogP contribution is -2.35. The van der Waals surface area contributed by atoms with E-state index in [1.807, 2.05) is 54.1 Å². The molecule has 0 aliphatic rings. The van der Waals surface area contributed by atoms with E-state index in [0.717, 1.165) is 22.3 Å². The second-order valence-corrected chi connectivity index (χ2v) is 6.16. The number of pyridine rings is 1. The lowest BCUT2D eigenvalue weighted by molar-refractivity contribution is 0.0586. The van der Waals surface area contributed by atoms with Gasteiger partial charge in [-0.15, -0.1) is 0 Å². The minimum absolute atomic E-state index is 0.0876. The molecule has 0 radical (unpaired) electrons. The molecule has 6 nitrogen and oxygen atoms in total. The Balaban J connectivity index is 1.96. The Morgan fingerprint density at radius 2 is 2.04 bits per heavy atom. The number of hydrogen-bond donors (Lipinski definition) is 0. The molecule has 0 fully saturated rings. The summed E-state index contributed by atoms with van der Waals surface area (Å²) < 4.78 is 12.5. The minimum Gasteiger partial charge on any atom is -0.497 e. The number of aromatic nitrogens is 2. The van der Waals surface area contributed by atoms with Crippen molar-refractivity contribution in [2.24, 2.45) is 7.05 Å². The highest BCUT2D eigenvalue weighted by Crippen LogP contribution is 2.26. The zero-order valence-corrected chi connectivity index (χ0v) is 15.5. The van der Waals surface area contributed by atoms with E-state index in [1.54, 1.807) is 32.4 Å². The highest BCUT2D eigenvalue weighted by Gasteiger charge is 2.26. The molecule has 2 heterocycles. The molecule has 1 aromatic carbocycles. The Hall–Kier alpha value is -2.86. The van der Waals surface area contributed by atoms with Crippen LogP contribution in [0.4, 0.5) is 0 Å². The number of aryl methyl sites for hydroxylation is 1. The molecule has 0 unspecified atom stereocenters. The molecule has 1 amide bonds. The number of fused-ring (bicyclic) bond motifs is 1. The van der Waals surface area contributed by atoms with Crippen LogP contribution in [0.1, 0.15) is 22.2 Å². The Morgan fingerprint density at radius 1 is 1.23 bits per heavy atom. The second-order valence-electron chi connectivity index (χ2n) is 6.16. The monoisotopic (exact) mass is 353 g/mol. The predicted molar refractivity (Wildman–Crippen MR) is 100 cm³/mol. The maximum absolute atomic E-state index is 13.2. The van der Waals surface area contributed by atoms with Gasteiger partial charge in [0.1, 0.15) is 11.4 Å². The third kappa shape index (κ3) is 3.28. The van der Waals surface area contributed by atoms with Crippen molar-refractivity contribution in [3.8, 4) is 5.75 Å². The molecule has 0 saturated carbocycles. The van der Waals surface area contributed by atoms with Crippen molar-refractivity contribution in [3.05, 3.63) is 60.0 Å². The summed E-state index contributed by atoms with van der Waals surface area (Å²) in [6.45, 7) is 0.372. The topological polar surface area (TPSA) is 56.6 Å². The number of carbonyl (C=O) groups is 1. The van der Waals surface area contributed by atoms with Crippen LogP contribution in [0.15, 0.2) is 48.7 Å². The number of carbonyl (C=O) groups excluding carboxylic acids is 1. The highest BCUT2D eigenvalue weighted by molar-refractivity contribution is 5.99. The zero-order chi connectivity index (χ0) is 18.7. The average Bonchev–Trinajstić information content (AvgIpc) is 3.01. The van der Waals surface area contributed by atoms with Gasteiger partial charge in [0.05, 0.1) is 25.5 Å². The summed E-state index contributed by atoms with van der Waals surface area (Å²) in [5.41, 5.74) is 2.38. The van der Waals surface area contributed by atoms with Gasteiger partial charge in [0.25, 0.3) is 5.91 Å². The molecular weight excluding hydrogens is 330 g/mol. The van der Waals surface area contributed by atoms with Gasteiger partial charge in [0.15, 0.2) is 0 Å². The van der Waals surface area contributed by atoms with Gasteiger partial charge in [0, 0.05) is 38.3 Å². The second kappa shape index (κ2) is 7.58. The van der Waals surface area contributed by atoms with E-state index in [1.165, 1.54) is 0 Å². The number of hydrogen-bond acceptors (Lipinski definition) is 4. The molecule has 3 aromatic rings. The van der Waals surface area contributed by atoms with Gasteiger partial charge in [-0.1, -0.05) is 6.07 Å². The molecule has 136 valence electrons. The molecule has 2 aromatic heterocycles. The van der Waals surface area contributed by atoms with Crippen molar-refractivity contribution in [1.29, 1.82) is 0 Å². The van der Waals surface area contributed by atoms with E-state index >= 15 is 0 Å². The van der Waals surface area contributed by atoms with Gasteiger partial charge < -0.3 is 18.9 Å². The predicted octanol–water partition coefficient (Wildman–Crippen LogP) is 3.04. The van der Waals surface area contributed by atoms with Crippen molar-refractivity contribution in [1.82, 2.24) is 14.5 Å². The van der Waals surface area contributed by atoms with Crippen LogP contribution >= 0.6 is 0 Å². The number of amides is 1. The van der Waals surface area contributed by atoms with Crippen LogP contribution in [0, 0.1) is 0 Å². The van der Waals surface area contributed by atoms with Crippen LogP contribution < -0.4 is 4.74 Å². The van der Waals surface area contributed by atoms with Crippen molar-refractivity contribution >= 4 is 16.8 Å². The maximum Gasteiger partial charge on any atom is 0.270 e. The third-order valence-electron chi connectivity index (χ3n) is 4.61. The minimum atomic E-state index is -0.263. The molecule has 0 saturated heterocycles. The fraction of sp³-hybridized carbons (Fsp3) is 0.300. The summed E-state index contributed by atoms with van der Waals surface area (Å²) in [6.07, 6.45) is 1.72. The maximum atomic E-state index is 13.2. The molecule has 6 heteroatoms. The average molecular weight is 353 g/mol. The Bertz CT molecular complexity index is 905. The first-order valence-corrected chi connectivity index (χ1v) is 8.37. The summed E-state index contributed by atoms with van der Waals surface area (Å²) in [7, 11) is 6.92. The van der Waals surface area contributed by atoms with Gasteiger partial charge in [-0.3, -0.25) is 9.78 Å². The first-order valence-electron chi connectivity index (χ1n) is 8.37. The van der Waals surface area contributed by atoms with Crippen molar-refractivity contribution in [2.75, 3.05) is 27.9 Å².